The van der Waals surface area contributed by atoms with E-state index in [1.807, 2.05) is 0 Å². The quantitative estimate of drug-likeness (QED) is 0.568. The van der Waals surface area contributed by atoms with Gasteiger partial charge in [0.15, 0.2) is 0 Å². The van der Waals surface area contributed by atoms with Gasteiger partial charge in [-0.05, 0) is 18.8 Å². The van der Waals surface area contributed by atoms with E-state index in [1.165, 1.54) is 32.1 Å². The fraction of sp³-hybridized carbons (Fsp3) is 0.818. The van der Waals surface area contributed by atoms with E-state index in [4.69, 9.17) is 0 Å². The van der Waals surface area contributed by atoms with Gasteiger partial charge in [-0.2, -0.15) is 0 Å². The summed E-state index contributed by atoms with van der Waals surface area (Å²) in [6.07, 6.45) is 9.54. The first-order chi connectivity index (χ1) is 5.58. The summed E-state index contributed by atoms with van der Waals surface area (Å²) in [6, 6.07) is 0. The van der Waals surface area contributed by atoms with Crippen molar-refractivity contribution in [1.29, 1.82) is 0 Å². The third-order valence-electron chi connectivity index (χ3n) is 2.40. The standard InChI is InChI=1S/C11H21Si/c1-12(2,3)10-9-11-7-5-4-6-8-11/h9,11H,4-8H2,1-3H3. The molecule has 0 aromatic rings. The molecule has 0 aromatic heterocycles. The summed E-state index contributed by atoms with van der Waals surface area (Å²) in [7, 11) is -1.05. The van der Waals surface area contributed by atoms with E-state index < -0.39 is 8.07 Å². The maximum atomic E-state index is 3.61. The first-order valence-corrected chi connectivity index (χ1v) is 8.69. The van der Waals surface area contributed by atoms with E-state index in [1.54, 1.807) is 0 Å². The van der Waals surface area contributed by atoms with Gasteiger partial charge < -0.3 is 0 Å². The molecule has 0 atom stereocenters. The second-order valence-corrected chi connectivity index (χ2v) is 9.75. The molecule has 0 bridgehead atoms. The summed E-state index contributed by atoms with van der Waals surface area (Å²) in [5, 5.41) is 0. The zero-order valence-electron chi connectivity index (χ0n) is 8.69. The summed E-state index contributed by atoms with van der Waals surface area (Å²) in [5.41, 5.74) is 3.61. The van der Waals surface area contributed by atoms with E-state index >= 15 is 0 Å². The minimum absolute atomic E-state index is 0.866. The van der Waals surface area contributed by atoms with Gasteiger partial charge in [0, 0.05) is 0 Å². The number of hydrogen-bond acceptors (Lipinski definition) is 0. The fourth-order valence-corrected chi connectivity index (χ4v) is 2.40. The molecule has 1 aliphatic carbocycles. The Kier molecular flexibility index (Phi) is 3.57. The normalized spacial score (nSPS) is 21.9. The van der Waals surface area contributed by atoms with Crippen LogP contribution in [0.1, 0.15) is 32.1 Å². The van der Waals surface area contributed by atoms with Crippen molar-refractivity contribution in [2.45, 2.75) is 51.7 Å². The zero-order valence-corrected chi connectivity index (χ0v) is 9.69. The molecule has 0 amide bonds. The minimum Gasteiger partial charge on any atom is -0.0823 e. The van der Waals surface area contributed by atoms with Crippen LogP contribution < -0.4 is 0 Å². The zero-order chi connectivity index (χ0) is 9.03. The van der Waals surface area contributed by atoms with Crippen LogP contribution in [0.3, 0.4) is 0 Å². The monoisotopic (exact) mass is 181 g/mol. The predicted molar refractivity (Wildman–Crippen MR) is 57.7 cm³/mol. The highest BCUT2D eigenvalue weighted by Crippen LogP contribution is 2.24. The summed E-state index contributed by atoms with van der Waals surface area (Å²) in [6.45, 7) is 7.06. The average Bonchev–Trinajstić information content (AvgIpc) is 2.02. The van der Waals surface area contributed by atoms with Gasteiger partial charge >= 0.3 is 0 Å². The van der Waals surface area contributed by atoms with Gasteiger partial charge in [-0.1, -0.05) is 50.7 Å². The van der Waals surface area contributed by atoms with Gasteiger partial charge in [-0.15, -0.1) is 0 Å². The molecule has 0 aromatic carbocycles. The second-order valence-electron chi connectivity index (χ2n) is 4.96. The molecular weight excluding hydrogens is 160 g/mol. The van der Waals surface area contributed by atoms with Crippen molar-refractivity contribution in [2.24, 2.45) is 5.92 Å². The average molecular weight is 181 g/mol. The van der Waals surface area contributed by atoms with E-state index in [9.17, 15) is 0 Å². The van der Waals surface area contributed by atoms with Crippen molar-refractivity contribution in [3.63, 3.8) is 0 Å². The molecule has 0 spiro atoms. The lowest BCUT2D eigenvalue weighted by Crippen LogP contribution is -2.17. The first kappa shape index (κ1) is 10.0. The fourth-order valence-electron chi connectivity index (χ4n) is 1.67. The van der Waals surface area contributed by atoms with Crippen molar-refractivity contribution >= 4 is 8.07 Å². The van der Waals surface area contributed by atoms with Crippen LogP contribution in [0.5, 0.6) is 0 Å². The summed E-state index contributed by atoms with van der Waals surface area (Å²) < 4.78 is 0. The molecule has 1 heteroatoms. The second kappa shape index (κ2) is 4.27. The van der Waals surface area contributed by atoms with Crippen LogP contribution in [0, 0.1) is 11.6 Å². The van der Waals surface area contributed by atoms with Gasteiger partial charge in [-0.3, -0.25) is 0 Å². The van der Waals surface area contributed by atoms with Gasteiger partial charge in [0.2, 0.25) is 0 Å². The lowest BCUT2D eigenvalue weighted by atomic mass is 9.90. The molecule has 0 saturated heterocycles. The Morgan fingerprint density at radius 3 is 2.17 bits per heavy atom. The molecule has 0 heterocycles. The minimum atomic E-state index is -1.05. The Hall–Kier alpha value is -0.0431. The Bertz CT molecular complexity index is 147. The maximum Gasteiger partial charge on any atom is 0.0770 e. The van der Waals surface area contributed by atoms with Crippen LogP contribution >= 0.6 is 0 Å². The lowest BCUT2D eigenvalue weighted by Gasteiger charge is -2.19. The maximum absolute atomic E-state index is 3.61. The molecule has 0 nitrogen and oxygen atoms in total. The number of rotatable bonds is 2. The topological polar surface area (TPSA) is 0 Å². The molecule has 12 heavy (non-hydrogen) atoms. The summed E-state index contributed by atoms with van der Waals surface area (Å²) in [4.78, 5) is 0. The molecular formula is C11H21Si. The van der Waals surface area contributed by atoms with Gasteiger partial charge in [-0.25, -0.2) is 0 Å². The Balaban J connectivity index is 2.33. The molecule has 0 unspecified atom stereocenters. The van der Waals surface area contributed by atoms with Gasteiger partial charge in [0.05, 0.1) is 8.07 Å². The van der Waals surface area contributed by atoms with Crippen molar-refractivity contribution in [3.8, 4) is 0 Å². The van der Waals surface area contributed by atoms with E-state index in [2.05, 4.69) is 31.4 Å². The number of hydrogen-bond donors (Lipinski definition) is 0. The smallest absolute Gasteiger partial charge is 0.0770 e. The number of allylic oxidation sites excluding steroid dienone is 1. The molecule has 69 valence electrons. The third kappa shape index (κ3) is 4.10. The van der Waals surface area contributed by atoms with Crippen molar-refractivity contribution in [2.75, 3.05) is 0 Å². The highest BCUT2D eigenvalue weighted by atomic mass is 28.3. The van der Waals surface area contributed by atoms with Crippen LogP contribution in [0.4, 0.5) is 0 Å². The van der Waals surface area contributed by atoms with Crippen LogP contribution in [-0.2, 0) is 0 Å². The van der Waals surface area contributed by atoms with E-state index in [0.29, 0.717) is 0 Å². The van der Waals surface area contributed by atoms with E-state index in [-0.39, 0.29) is 0 Å². The Morgan fingerprint density at radius 2 is 1.67 bits per heavy atom. The van der Waals surface area contributed by atoms with Gasteiger partial charge in [0.1, 0.15) is 0 Å². The Labute approximate surface area is 78.1 Å². The van der Waals surface area contributed by atoms with Crippen LogP contribution in [-0.4, -0.2) is 8.07 Å². The molecule has 1 aliphatic rings. The summed E-state index contributed by atoms with van der Waals surface area (Å²) in [5.74, 6) is 0.866. The highest BCUT2D eigenvalue weighted by molar-refractivity contribution is 6.78. The molecule has 1 radical (unpaired) electrons. The van der Waals surface area contributed by atoms with Crippen LogP contribution in [0.25, 0.3) is 0 Å². The lowest BCUT2D eigenvalue weighted by molar-refractivity contribution is 0.419. The third-order valence-corrected chi connectivity index (χ3v) is 3.43. The Morgan fingerprint density at radius 1 is 1.08 bits per heavy atom. The molecule has 1 fully saturated rings. The van der Waals surface area contributed by atoms with Crippen molar-refractivity contribution in [1.82, 2.24) is 0 Å². The molecule has 0 N–H and O–H groups in total. The first-order valence-electron chi connectivity index (χ1n) is 5.19. The highest BCUT2D eigenvalue weighted by Gasteiger charge is 2.13. The summed E-state index contributed by atoms with van der Waals surface area (Å²) >= 11 is 0. The molecule has 1 rings (SSSR count). The van der Waals surface area contributed by atoms with Gasteiger partial charge in [0.25, 0.3) is 0 Å². The molecule has 0 aliphatic heterocycles. The largest absolute Gasteiger partial charge is 0.0823 e. The molecule has 1 saturated carbocycles. The predicted octanol–water partition coefficient (Wildman–Crippen LogP) is 3.80. The van der Waals surface area contributed by atoms with Crippen molar-refractivity contribution in [3.05, 3.63) is 11.8 Å². The van der Waals surface area contributed by atoms with Crippen molar-refractivity contribution < 1.29 is 0 Å². The van der Waals surface area contributed by atoms with E-state index in [0.717, 1.165) is 5.92 Å². The van der Waals surface area contributed by atoms with Crippen LogP contribution in [0.2, 0.25) is 19.6 Å². The SMILES string of the molecule is C[Si](C)(C)[C]=CC1CCCCC1. The van der Waals surface area contributed by atoms with Crippen LogP contribution in [0.15, 0.2) is 6.08 Å².